The van der Waals surface area contributed by atoms with E-state index in [1.165, 1.54) is 0 Å². The van der Waals surface area contributed by atoms with Gasteiger partial charge in [0, 0.05) is 76.0 Å². The van der Waals surface area contributed by atoms with Crippen LogP contribution in [-0.2, 0) is 23.2 Å². The lowest BCUT2D eigenvalue weighted by molar-refractivity contribution is -0.136. The lowest BCUT2D eigenvalue weighted by Gasteiger charge is -2.36. The molecule has 282 valence electrons. The molecule has 3 aliphatic rings. The predicted molar refractivity (Wildman–Crippen MR) is 203 cm³/mol. The van der Waals surface area contributed by atoms with Crippen LogP contribution < -0.4 is 25.2 Å². The number of aromatic nitrogens is 2. The van der Waals surface area contributed by atoms with Crippen molar-refractivity contribution in [3.8, 4) is 22.6 Å². The summed E-state index contributed by atoms with van der Waals surface area (Å²) in [5.41, 5.74) is 4.11. The number of piperidine rings is 1. The molecule has 0 saturated carbocycles. The van der Waals surface area contributed by atoms with Gasteiger partial charge in [-0.15, -0.1) is 0 Å². The molecule has 2 aromatic carbocycles. The number of hydrogen-bond donors (Lipinski definition) is 1. The molecule has 4 amide bonds. The number of aryl methyl sites for hydroxylation is 1. The molecule has 0 radical (unpaired) electrons. The Balaban J connectivity index is 0.911. The molecule has 2 fully saturated rings. The number of carbonyl (C=O) groups excluding carboxylic acids is 4. The van der Waals surface area contributed by atoms with Crippen molar-refractivity contribution in [1.82, 2.24) is 29.6 Å². The van der Waals surface area contributed by atoms with Crippen LogP contribution in [-0.4, -0.2) is 114 Å². The fourth-order valence-electron chi connectivity index (χ4n) is 7.79. The molecule has 0 spiro atoms. The van der Waals surface area contributed by atoms with E-state index in [1.54, 1.807) is 50.4 Å². The van der Waals surface area contributed by atoms with E-state index in [1.807, 2.05) is 30.5 Å². The van der Waals surface area contributed by atoms with Crippen molar-refractivity contribution in [3.63, 3.8) is 0 Å². The smallest absolute Gasteiger partial charge is 0.262 e. The van der Waals surface area contributed by atoms with Gasteiger partial charge in [0.2, 0.25) is 11.8 Å². The van der Waals surface area contributed by atoms with E-state index in [9.17, 15) is 24.0 Å². The number of nitrogens with zero attached hydrogens (tertiary/aromatic N) is 6. The first-order chi connectivity index (χ1) is 26.1. The van der Waals surface area contributed by atoms with Crippen LogP contribution in [0.5, 0.6) is 11.5 Å². The highest BCUT2D eigenvalue weighted by atomic mass is 16.5. The molecule has 2 saturated heterocycles. The lowest BCUT2D eigenvalue weighted by Crippen LogP contribution is -2.54. The third-order valence-corrected chi connectivity index (χ3v) is 10.8. The van der Waals surface area contributed by atoms with Crippen molar-refractivity contribution in [3.05, 3.63) is 82.0 Å². The Morgan fingerprint density at radius 3 is 2.30 bits per heavy atom. The highest BCUT2D eigenvalue weighted by Crippen LogP contribution is 2.38. The zero-order valence-electron chi connectivity index (χ0n) is 31.1. The Labute approximate surface area is 313 Å². The topological polar surface area (TPSA) is 147 Å². The van der Waals surface area contributed by atoms with Crippen molar-refractivity contribution < 1.29 is 28.7 Å². The molecule has 2 aromatic heterocycles. The molecule has 4 aromatic rings. The number of nitrogens with one attached hydrogen (secondary N) is 1. The summed E-state index contributed by atoms with van der Waals surface area (Å²) < 4.78 is 13.3. The molecule has 1 unspecified atom stereocenters. The first-order valence-electron chi connectivity index (χ1n) is 18.3. The van der Waals surface area contributed by atoms with Gasteiger partial charge >= 0.3 is 0 Å². The molecule has 1 atom stereocenters. The number of rotatable bonds is 12. The number of anilines is 1. The third-order valence-electron chi connectivity index (χ3n) is 10.8. The quantitative estimate of drug-likeness (QED) is 0.169. The highest BCUT2D eigenvalue weighted by Gasteiger charge is 2.44. The fraction of sp³-hybridized carbons (Fsp3) is 0.400. The Bertz CT molecular complexity index is 2170. The van der Waals surface area contributed by atoms with E-state index >= 15 is 0 Å². The summed E-state index contributed by atoms with van der Waals surface area (Å²) in [7, 11) is 7.15. The van der Waals surface area contributed by atoms with E-state index in [0.717, 1.165) is 96.3 Å². The van der Waals surface area contributed by atoms with E-state index in [0.29, 0.717) is 23.1 Å². The minimum Gasteiger partial charge on any atom is -0.496 e. The number of amides is 4. The average molecular weight is 736 g/mol. The van der Waals surface area contributed by atoms with Crippen LogP contribution in [0.4, 0.5) is 5.69 Å². The largest absolute Gasteiger partial charge is 0.496 e. The van der Waals surface area contributed by atoms with E-state index < -0.39 is 29.7 Å². The molecule has 14 nitrogen and oxygen atoms in total. The number of pyridine rings is 2. The first kappa shape index (κ1) is 36.7. The maximum atomic E-state index is 13.3. The highest BCUT2D eigenvalue weighted by molar-refractivity contribution is 6.23. The minimum absolute atomic E-state index is 0.0906. The average Bonchev–Trinajstić information content (AvgIpc) is 3.43. The van der Waals surface area contributed by atoms with Crippen LogP contribution in [0.3, 0.4) is 0 Å². The van der Waals surface area contributed by atoms with Crippen molar-refractivity contribution >= 4 is 40.1 Å². The van der Waals surface area contributed by atoms with E-state index in [4.69, 9.17) is 9.47 Å². The van der Waals surface area contributed by atoms with E-state index in [2.05, 4.69) is 32.0 Å². The molecule has 5 heterocycles. The van der Waals surface area contributed by atoms with Crippen LogP contribution in [0.25, 0.3) is 21.9 Å². The predicted octanol–water partition coefficient (Wildman–Crippen LogP) is 3.05. The molecule has 54 heavy (non-hydrogen) atoms. The van der Waals surface area contributed by atoms with Gasteiger partial charge in [-0.2, -0.15) is 0 Å². The summed E-state index contributed by atoms with van der Waals surface area (Å²) in [6.07, 6.45) is 7.41. The van der Waals surface area contributed by atoms with Crippen molar-refractivity contribution in [1.29, 1.82) is 0 Å². The molecule has 1 N–H and O–H groups in total. The van der Waals surface area contributed by atoms with Crippen LogP contribution in [0.1, 0.15) is 52.0 Å². The van der Waals surface area contributed by atoms with Gasteiger partial charge in [0.1, 0.15) is 17.5 Å². The van der Waals surface area contributed by atoms with Crippen LogP contribution in [0.2, 0.25) is 0 Å². The Kier molecular flexibility index (Phi) is 10.5. The second-order valence-corrected chi connectivity index (χ2v) is 14.2. The van der Waals surface area contributed by atoms with Crippen molar-refractivity contribution in [2.75, 3.05) is 65.4 Å². The van der Waals surface area contributed by atoms with Crippen LogP contribution in [0, 0.1) is 0 Å². The summed E-state index contributed by atoms with van der Waals surface area (Å²) in [5.74, 6) is -0.547. The second kappa shape index (κ2) is 15.4. The fourth-order valence-corrected chi connectivity index (χ4v) is 7.79. The van der Waals surface area contributed by atoms with Gasteiger partial charge < -0.3 is 23.8 Å². The Hall–Kier alpha value is -5.60. The number of hydrogen-bond acceptors (Lipinski definition) is 11. The van der Waals surface area contributed by atoms with Gasteiger partial charge in [0.15, 0.2) is 0 Å². The third kappa shape index (κ3) is 7.06. The summed E-state index contributed by atoms with van der Waals surface area (Å²) in [4.78, 5) is 75.2. The van der Waals surface area contributed by atoms with Crippen molar-refractivity contribution in [2.24, 2.45) is 7.05 Å². The number of fused-ring (bicyclic) bond motifs is 2. The van der Waals surface area contributed by atoms with Gasteiger partial charge in [-0.3, -0.25) is 44.1 Å². The molecular weight excluding hydrogens is 690 g/mol. The van der Waals surface area contributed by atoms with Crippen LogP contribution >= 0.6 is 0 Å². The summed E-state index contributed by atoms with van der Waals surface area (Å²) in [5, 5.41) is 3.61. The second-order valence-electron chi connectivity index (χ2n) is 14.2. The summed E-state index contributed by atoms with van der Waals surface area (Å²) >= 11 is 0. The van der Waals surface area contributed by atoms with Gasteiger partial charge in [-0.25, -0.2) is 0 Å². The normalized spacial score (nSPS) is 17.8. The van der Waals surface area contributed by atoms with Crippen molar-refractivity contribution in [2.45, 2.75) is 38.3 Å². The molecular formula is C40H45N7O7. The molecule has 0 aliphatic carbocycles. The Morgan fingerprint density at radius 2 is 1.59 bits per heavy atom. The molecule has 0 bridgehead atoms. The number of benzene rings is 2. The number of imide groups is 2. The van der Waals surface area contributed by atoms with Gasteiger partial charge in [0.05, 0.1) is 36.3 Å². The summed E-state index contributed by atoms with van der Waals surface area (Å²) in [6.45, 7) is 5.85. The van der Waals surface area contributed by atoms with Gasteiger partial charge in [-0.05, 0) is 86.7 Å². The van der Waals surface area contributed by atoms with Crippen LogP contribution in [0.15, 0.2) is 59.8 Å². The number of unbranched alkanes of at least 4 members (excludes halogenated alkanes) is 1. The van der Waals surface area contributed by atoms with Gasteiger partial charge in [-0.1, -0.05) is 0 Å². The molecule has 3 aliphatic heterocycles. The number of carbonyl (C=O) groups is 4. The monoisotopic (exact) mass is 735 g/mol. The number of methoxy groups -OCH3 is 2. The summed E-state index contributed by atoms with van der Waals surface area (Å²) in [6, 6.07) is 10.2. The van der Waals surface area contributed by atoms with Gasteiger partial charge in [0.25, 0.3) is 17.4 Å². The zero-order valence-corrected chi connectivity index (χ0v) is 31.1. The SMILES string of the molecule is COc1cc(-c2cn(C)c(=O)c3cnccc23)cc(OC)c1CN(C)CCCCN1CCN(c2ccc3c(c2)C(=O)N(C2CCC(=O)NC2=O)C3=O)CC1. The number of ether oxygens (including phenoxy) is 2. The first-order valence-corrected chi connectivity index (χ1v) is 18.3. The number of piperazine rings is 1. The maximum Gasteiger partial charge on any atom is 0.262 e. The standard InChI is InChI=1S/C40H45N7O7/c1-43(23-32-34(53-3)19-25(20-35(32)54-4)31-24-44(2)38(50)30-22-41-12-11-27(30)31)13-5-6-14-45-15-17-46(18-16-45)26-7-8-28-29(21-26)40(52)47(39(28)51)33-9-10-36(48)42-37(33)49/h7-8,11-12,19-22,24,33H,5-6,9-10,13-18,23H2,1-4H3,(H,42,48,49). The van der Waals surface area contributed by atoms with E-state index in [-0.39, 0.29) is 18.4 Å². The minimum atomic E-state index is -0.974. The maximum absolute atomic E-state index is 13.3. The lowest BCUT2D eigenvalue weighted by atomic mass is 9.99. The Morgan fingerprint density at radius 1 is 0.870 bits per heavy atom. The zero-order chi connectivity index (χ0) is 38.1. The molecule has 7 rings (SSSR count). The molecule has 14 heteroatoms.